The molecule has 21 heavy (non-hydrogen) atoms. The molecule has 2 aliphatic heterocycles. The molecule has 1 aromatic carbocycles. The van der Waals surface area contributed by atoms with Gasteiger partial charge in [-0.1, -0.05) is 18.2 Å². The number of rotatable bonds is 2. The second-order valence-electron chi connectivity index (χ2n) is 5.99. The summed E-state index contributed by atoms with van der Waals surface area (Å²) in [6, 6.07) is 6.14. The Morgan fingerprint density at radius 3 is 2.95 bits per heavy atom. The highest BCUT2D eigenvalue weighted by atomic mass is 32.1. The van der Waals surface area contributed by atoms with Gasteiger partial charge in [0.1, 0.15) is 4.88 Å². The third-order valence-electron chi connectivity index (χ3n) is 4.58. The van der Waals surface area contributed by atoms with Crippen LogP contribution in [0.1, 0.15) is 34.5 Å². The summed E-state index contributed by atoms with van der Waals surface area (Å²) in [5, 5.41) is 4.10. The van der Waals surface area contributed by atoms with E-state index in [1.54, 1.807) is 0 Å². The number of anilines is 1. The lowest BCUT2D eigenvalue weighted by atomic mass is 9.95. The number of nitrogens with two attached hydrogens (primary N) is 1. The number of carbonyl (C=O) groups excluding carboxylic acids is 1. The van der Waals surface area contributed by atoms with Gasteiger partial charge in [-0.2, -0.15) is 0 Å². The Kier molecular flexibility index (Phi) is 2.94. The van der Waals surface area contributed by atoms with Crippen molar-refractivity contribution in [2.24, 2.45) is 0 Å². The summed E-state index contributed by atoms with van der Waals surface area (Å²) in [6.07, 6.45) is 3.64. The number of thiophene rings is 1. The Morgan fingerprint density at radius 2 is 2.29 bits per heavy atom. The molecule has 0 radical (unpaired) electrons. The molecule has 2 fully saturated rings. The molecule has 4 rings (SSSR count). The molecular formula is C16H18N2O2S. The fourth-order valence-electron chi connectivity index (χ4n) is 3.47. The minimum absolute atomic E-state index is 0.0609. The van der Waals surface area contributed by atoms with Crippen LogP contribution in [-0.4, -0.2) is 24.2 Å². The lowest BCUT2D eigenvalue weighted by molar-refractivity contribution is 0.0844. The normalized spacial score (nSPS) is 27.4. The highest BCUT2D eigenvalue weighted by Crippen LogP contribution is 2.37. The van der Waals surface area contributed by atoms with E-state index in [1.807, 2.05) is 25.1 Å². The summed E-state index contributed by atoms with van der Waals surface area (Å²) < 4.78 is 6.89. The summed E-state index contributed by atoms with van der Waals surface area (Å²) in [4.78, 5) is 13.2. The summed E-state index contributed by atoms with van der Waals surface area (Å²) in [5.74, 6) is -0.0609. The number of hydrogen-bond acceptors (Lipinski definition) is 4. The minimum atomic E-state index is -0.0609. The van der Waals surface area contributed by atoms with Gasteiger partial charge in [0.05, 0.1) is 23.9 Å². The van der Waals surface area contributed by atoms with Gasteiger partial charge < -0.3 is 15.8 Å². The Morgan fingerprint density at radius 1 is 1.43 bits per heavy atom. The number of nitrogen functional groups attached to an aromatic ring is 1. The molecule has 3 unspecified atom stereocenters. The molecule has 0 saturated carbocycles. The van der Waals surface area contributed by atoms with E-state index < -0.39 is 0 Å². The van der Waals surface area contributed by atoms with Gasteiger partial charge in [-0.05, 0) is 31.7 Å². The number of aryl methyl sites for hydroxylation is 1. The van der Waals surface area contributed by atoms with Crippen LogP contribution in [0.3, 0.4) is 0 Å². The van der Waals surface area contributed by atoms with Crippen molar-refractivity contribution >= 4 is 33.0 Å². The van der Waals surface area contributed by atoms with Gasteiger partial charge in [-0.25, -0.2) is 0 Å². The van der Waals surface area contributed by atoms with Crippen LogP contribution in [0.2, 0.25) is 0 Å². The van der Waals surface area contributed by atoms with Crippen molar-refractivity contribution in [2.45, 2.75) is 44.4 Å². The third-order valence-corrected chi connectivity index (χ3v) is 5.93. The topological polar surface area (TPSA) is 64.4 Å². The lowest BCUT2D eigenvalue weighted by Gasteiger charge is -2.19. The molecular weight excluding hydrogens is 284 g/mol. The van der Waals surface area contributed by atoms with Crippen molar-refractivity contribution in [3.05, 3.63) is 28.6 Å². The molecule has 0 spiro atoms. The zero-order chi connectivity index (χ0) is 14.6. The van der Waals surface area contributed by atoms with Gasteiger partial charge in [-0.3, -0.25) is 4.79 Å². The SMILES string of the molecule is Cc1cccc2c(N)c(C(=O)NC3CC4CCC3O4)sc12. The first-order valence-corrected chi connectivity index (χ1v) is 8.19. The molecule has 1 aromatic heterocycles. The molecule has 5 heteroatoms. The fraction of sp³-hybridized carbons (Fsp3) is 0.438. The van der Waals surface area contributed by atoms with Crippen molar-refractivity contribution in [3.63, 3.8) is 0 Å². The summed E-state index contributed by atoms with van der Waals surface area (Å²) >= 11 is 1.48. The van der Waals surface area contributed by atoms with E-state index in [2.05, 4.69) is 5.32 Å². The smallest absolute Gasteiger partial charge is 0.263 e. The first-order valence-electron chi connectivity index (χ1n) is 7.37. The van der Waals surface area contributed by atoms with Crippen LogP contribution >= 0.6 is 11.3 Å². The van der Waals surface area contributed by atoms with Crippen LogP contribution in [0.5, 0.6) is 0 Å². The molecule has 3 atom stereocenters. The zero-order valence-electron chi connectivity index (χ0n) is 11.9. The van der Waals surface area contributed by atoms with Gasteiger partial charge in [0.25, 0.3) is 5.91 Å². The standard InChI is InChI=1S/C16H18N2O2S/c1-8-3-2-4-10-13(17)15(21-14(8)10)16(19)18-11-7-9-5-6-12(11)20-9/h2-4,9,11-12H,5-7,17H2,1H3,(H,18,19). The molecule has 110 valence electrons. The second kappa shape index (κ2) is 4.71. The predicted octanol–water partition coefficient (Wildman–Crippen LogP) is 2.84. The van der Waals surface area contributed by atoms with Crippen molar-refractivity contribution in [1.82, 2.24) is 5.32 Å². The van der Waals surface area contributed by atoms with Crippen LogP contribution < -0.4 is 11.1 Å². The third kappa shape index (κ3) is 2.03. The molecule has 4 nitrogen and oxygen atoms in total. The Balaban J connectivity index is 1.62. The van der Waals surface area contributed by atoms with Gasteiger partial charge >= 0.3 is 0 Å². The van der Waals surface area contributed by atoms with Crippen LogP contribution in [0, 0.1) is 6.92 Å². The number of carbonyl (C=O) groups is 1. The van der Waals surface area contributed by atoms with Gasteiger partial charge in [-0.15, -0.1) is 11.3 Å². The highest BCUT2D eigenvalue weighted by molar-refractivity contribution is 7.21. The Labute approximate surface area is 127 Å². The number of nitrogens with one attached hydrogen (secondary N) is 1. The molecule has 3 heterocycles. The van der Waals surface area contributed by atoms with E-state index in [1.165, 1.54) is 11.3 Å². The molecule has 3 N–H and O–H groups in total. The maximum atomic E-state index is 12.5. The Bertz CT molecular complexity index is 724. The average Bonchev–Trinajstić information content (AvgIpc) is 3.14. The number of amides is 1. The predicted molar refractivity (Wildman–Crippen MR) is 84.7 cm³/mol. The first-order chi connectivity index (χ1) is 10.1. The van der Waals surface area contributed by atoms with E-state index in [-0.39, 0.29) is 18.1 Å². The van der Waals surface area contributed by atoms with Crippen molar-refractivity contribution < 1.29 is 9.53 Å². The maximum absolute atomic E-state index is 12.5. The first kappa shape index (κ1) is 13.1. The van der Waals surface area contributed by atoms with E-state index in [9.17, 15) is 4.79 Å². The fourth-order valence-corrected chi connectivity index (χ4v) is 4.56. The summed E-state index contributed by atoms with van der Waals surface area (Å²) in [6.45, 7) is 2.05. The summed E-state index contributed by atoms with van der Waals surface area (Å²) in [7, 11) is 0. The number of benzene rings is 1. The van der Waals surface area contributed by atoms with E-state index in [4.69, 9.17) is 10.5 Å². The molecule has 2 bridgehead atoms. The van der Waals surface area contributed by atoms with Crippen molar-refractivity contribution in [1.29, 1.82) is 0 Å². The van der Waals surface area contributed by atoms with Crippen LogP contribution in [0.25, 0.3) is 10.1 Å². The van der Waals surface area contributed by atoms with Crippen LogP contribution in [0.15, 0.2) is 18.2 Å². The molecule has 2 aromatic rings. The number of ether oxygens (including phenoxy) is 1. The van der Waals surface area contributed by atoms with Crippen LogP contribution in [-0.2, 0) is 4.74 Å². The van der Waals surface area contributed by atoms with Gasteiger partial charge in [0.2, 0.25) is 0 Å². The van der Waals surface area contributed by atoms with Crippen molar-refractivity contribution in [2.75, 3.05) is 5.73 Å². The molecule has 2 aliphatic rings. The quantitative estimate of drug-likeness (QED) is 0.896. The largest absolute Gasteiger partial charge is 0.397 e. The second-order valence-corrected chi connectivity index (χ2v) is 7.01. The lowest BCUT2D eigenvalue weighted by Crippen LogP contribution is -2.41. The number of fused-ring (bicyclic) bond motifs is 3. The van der Waals surface area contributed by atoms with Gasteiger partial charge in [0.15, 0.2) is 0 Å². The van der Waals surface area contributed by atoms with Crippen LogP contribution in [0.4, 0.5) is 5.69 Å². The summed E-state index contributed by atoms with van der Waals surface area (Å²) in [5.41, 5.74) is 7.93. The molecule has 0 aliphatic carbocycles. The Hall–Kier alpha value is -1.59. The average molecular weight is 302 g/mol. The highest BCUT2D eigenvalue weighted by Gasteiger charge is 2.41. The van der Waals surface area contributed by atoms with E-state index in [0.29, 0.717) is 16.7 Å². The van der Waals surface area contributed by atoms with E-state index >= 15 is 0 Å². The monoisotopic (exact) mass is 302 g/mol. The molecule has 1 amide bonds. The minimum Gasteiger partial charge on any atom is -0.397 e. The zero-order valence-corrected chi connectivity index (χ0v) is 12.7. The molecule has 2 saturated heterocycles. The van der Waals surface area contributed by atoms with Gasteiger partial charge in [0, 0.05) is 10.1 Å². The van der Waals surface area contributed by atoms with E-state index in [0.717, 1.165) is 34.9 Å². The number of hydrogen-bond donors (Lipinski definition) is 2. The maximum Gasteiger partial charge on any atom is 0.263 e. The van der Waals surface area contributed by atoms with Crippen molar-refractivity contribution in [3.8, 4) is 0 Å².